The van der Waals surface area contributed by atoms with Crippen LogP contribution < -0.4 is 0 Å². The third-order valence-corrected chi connectivity index (χ3v) is 5.34. The number of hydrogen-bond donors (Lipinski definition) is 0. The van der Waals surface area contributed by atoms with Gasteiger partial charge in [-0.15, -0.1) is 0 Å². The highest BCUT2D eigenvalue weighted by molar-refractivity contribution is 5.91. The third kappa shape index (κ3) is 5.46. The molecule has 2 atom stereocenters. The summed E-state index contributed by atoms with van der Waals surface area (Å²) in [5, 5.41) is 0. The summed E-state index contributed by atoms with van der Waals surface area (Å²) in [7, 11) is 0. The van der Waals surface area contributed by atoms with Gasteiger partial charge in [-0.1, -0.05) is 48.2 Å². The Bertz CT molecular complexity index is 844. The first-order chi connectivity index (χ1) is 14.3. The molecule has 2 aromatic rings. The van der Waals surface area contributed by atoms with Crippen molar-refractivity contribution in [1.82, 2.24) is 0 Å². The summed E-state index contributed by atoms with van der Waals surface area (Å²) in [6.45, 7) is 7.62. The summed E-state index contributed by atoms with van der Waals surface area (Å²) < 4.78 is 0. The van der Waals surface area contributed by atoms with E-state index in [1.165, 1.54) is 0 Å². The molecule has 0 aliphatic heterocycles. The Morgan fingerprint density at radius 1 is 0.700 bits per heavy atom. The molecule has 6 heteroatoms. The maximum absolute atomic E-state index is 12.4. The molecule has 0 radical (unpaired) electrons. The maximum Gasteiger partial charge on any atom is 0.373 e. The third-order valence-electron chi connectivity index (χ3n) is 5.34. The molecule has 30 heavy (non-hydrogen) atoms. The summed E-state index contributed by atoms with van der Waals surface area (Å²) >= 11 is 0. The maximum atomic E-state index is 12.4. The minimum absolute atomic E-state index is 0.454. The van der Waals surface area contributed by atoms with Crippen molar-refractivity contribution in [3.8, 4) is 0 Å². The first-order valence-corrected chi connectivity index (χ1v) is 10.2. The fraction of sp³-hybridized carbons (Fsp3) is 0.417. The number of hydrogen-bond acceptors (Lipinski definition) is 6. The minimum atomic E-state index is -0.552. The Morgan fingerprint density at radius 2 is 1.10 bits per heavy atom. The monoisotopic (exact) mass is 412 g/mol. The minimum Gasteiger partial charge on any atom is -0.292 e. The zero-order valence-electron chi connectivity index (χ0n) is 17.9. The second-order valence-corrected chi connectivity index (χ2v) is 7.93. The van der Waals surface area contributed by atoms with E-state index >= 15 is 0 Å². The zero-order chi connectivity index (χ0) is 21.7. The van der Waals surface area contributed by atoms with Crippen molar-refractivity contribution in [3.05, 3.63) is 69.8 Å². The lowest BCUT2D eigenvalue weighted by Crippen LogP contribution is -2.36. The predicted octanol–water partition coefficient (Wildman–Crippen LogP) is 5.11. The highest BCUT2D eigenvalue weighted by atomic mass is 17.2. The lowest BCUT2D eigenvalue weighted by atomic mass is 9.95. The number of carbonyl (C=O) groups is 2. The summed E-state index contributed by atoms with van der Waals surface area (Å²) in [5.74, 6) is -1.10. The second-order valence-electron chi connectivity index (χ2n) is 7.93. The Balaban J connectivity index is 1.56. The van der Waals surface area contributed by atoms with Gasteiger partial charge in [0.15, 0.2) is 0 Å². The van der Waals surface area contributed by atoms with Gasteiger partial charge < -0.3 is 0 Å². The van der Waals surface area contributed by atoms with Crippen molar-refractivity contribution in [1.29, 1.82) is 0 Å². The van der Waals surface area contributed by atoms with E-state index in [0.29, 0.717) is 24.0 Å². The Labute approximate surface area is 176 Å². The van der Waals surface area contributed by atoms with Gasteiger partial charge in [-0.25, -0.2) is 9.59 Å². The van der Waals surface area contributed by atoms with Crippen LogP contribution in [0.4, 0.5) is 0 Å². The molecule has 1 saturated carbocycles. The normalized spacial score (nSPS) is 18.7. The molecule has 0 N–H and O–H groups in total. The van der Waals surface area contributed by atoms with E-state index in [4.69, 9.17) is 19.6 Å². The molecule has 1 aliphatic carbocycles. The van der Waals surface area contributed by atoms with Gasteiger partial charge in [0, 0.05) is 0 Å². The highest BCUT2D eigenvalue weighted by Crippen LogP contribution is 2.25. The van der Waals surface area contributed by atoms with Crippen LogP contribution in [0.25, 0.3) is 0 Å². The molecular weight excluding hydrogens is 384 g/mol. The number of carbonyl (C=O) groups excluding carboxylic acids is 2. The molecule has 3 rings (SSSR count). The highest BCUT2D eigenvalue weighted by Gasteiger charge is 2.31. The Hall–Kier alpha value is -2.70. The van der Waals surface area contributed by atoms with E-state index in [1.807, 2.05) is 52.0 Å². The van der Waals surface area contributed by atoms with Crippen molar-refractivity contribution in [2.75, 3.05) is 0 Å². The van der Waals surface area contributed by atoms with Gasteiger partial charge in [0.1, 0.15) is 12.2 Å². The molecular formula is C24H28O6. The molecule has 1 fully saturated rings. The zero-order valence-corrected chi connectivity index (χ0v) is 17.9. The summed E-state index contributed by atoms with van der Waals surface area (Å²) in [6.07, 6.45) is 2.12. The molecule has 0 spiro atoms. The van der Waals surface area contributed by atoms with E-state index in [9.17, 15) is 9.59 Å². The van der Waals surface area contributed by atoms with Gasteiger partial charge in [-0.05, 0) is 63.8 Å². The van der Waals surface area contributed by atoms with Crippen molar-refractivity contribution >= 4 is 11.9 Å². The molecule has 2 aromatic carbocycles. The van der Waals surface area contributed by atoms with Gasteiger partial charge in [-0.2, -0.15) is 9.78 Å². The average molecular weight is 412 g/mol. The van der Waals surface area contributed by atoms with Crippen molar-refractivity contribution in [2.24, 2.45) is 0 Å². The fourth-order valence-corrected chi connectivity index (χ4v) is 3.67. The summed E-state index contributed by atoms with van der Waals surface area (Å²) in [4.78, 5) is 45.7. The van der Waals surface area contributed by atoms with E-state index in [0.717, 1.165) is 35.1 Å². The lowest BCUT2D eigenvalue weighted by Gasteiger charge is -2.28. The molecule has 0 bridgehead atoms. The quantitative estimate of drug-likeness (QED) is 0.485. The van der Waals surface area contributed by atoms with Gasteiger partial charge in [-0.3, -0.25) is 9.78 Å². The number of rotatable bonds is 6. The molecule has 2 unspecified atom stereocenters. The largest absolute Gasteiger partial charge is 0.373 e. The van der Waals surface area contributed by atoms with Crippen molar-refractivity contribution in [3.63, 3.8) is 0 Å². The van der Waals surface area contributed by atoms with Crippen molar-refractivity contribution < 1.29 is 29.1 Å². The first kappa shape index (κ1) is 22.0. The molecule has 0 saturated heterocycles. The SMILES string of the molecule is Cc1ccc(C(=O)OOC2CCCCC2OOC(=O)c2ccc(C)cc2C)c(C)c1. The van der Waals surface area contributed by atoms with Crippen LogP contribution in [0.3, 0.4) is 0 Å². The Kier molecular flexibility index (Phi) is 7.24. The van der Waals surface area contributed by atoms with Crippen LogP contribution in [-0.4, -0.2) is 24.1 Å². The first-order valence-electron chi connectivity index (χ1n) is 10.2. The standard InChI is InChI=1S/C24H28O6/c1-15-9-11-19(17(3)13-15)23(25)29-27-21-7-5-6-8-22(21)28-30-24(26)20-12-10-16(2)14-18(20)4/h9-14,21-22H,5-8H2,1-4H3. The van der Waals surface area contributed by atoms with Gasteiger partial charge >= 0.3 is 11.9 Å². The van der Waals surface area contributed by atoms with Crippen LogP contribution in [0.5, 0.6) is 0 Å². The van der Waals surface area contributed by atoms with E-state index in [1.54, 1.807) is 12.1 Å². The molecule has 160 valence electrons. The molecule has 1 aliphatic rings. The predicted molar refractivity (Wildman–Crippen MR) is 111 cm³/mol. The van der Waals surface area contributed by atoms with Gasteiger partial charge in [0.05, 0.1) is 11.1 Å². The van der Waals surface area contributed by atoms with E-state index in [2.05, 4.69) is 0 Å². The average Bonchev–Trinajstić information content (AvgIpc) is 2.71. The lowest BCUT2D eigenvalue weighted by molar-refractivity contribution is -0.352. The fourth-order valence-electron chi connectivity index (χ4n) is 3.67. The molecule has 6 nitrogen and oxygen atoms in total. The number of benzene rings is 2. The Morgan fingerprint density at radius 3 is 1.47 bits per heavy atom. The van der Waals surface area contributed by atoms with Crippen LogP contribution in [0.15, 0.2) is 36.4 Å². The van der Waals surface area contributed by atoms with Crippen LogP contribution in [0.1, 0.15) is 68.7 Å². The molecule has 0 heterocycles. The van der Waals surface area contributed by atoms with Gasteiger partial charge in [0.2, 0.25) is 0 Å². The topological polar surface area (TPSA) is 71.1 Å². The van der Waals surface area contributed by atoms with Crippen molar-refractivity contribution in [2.45, 2.75) is 65.6 Å². The van der Waals surface area contributed by atoms with Crippen LogP contribution in [0.2, 0.25) is 0 Å². The van der Waals surface area contributed by atoms with Crippen LogP contribution in [0, 0.1) is 27.7 Å². The summed E-state index contributed by atoms with van der Waals surface area (Å²) in [6, 6.07) is 11.0. The van der Waals surface area contributed by atoms with E-state index < -0.39 is 24.1 Å². The molecule has 0 amide bonds. The van der Waals surface area contributed by atoms with Crippen LogP contribution in [-0.2, 0) is 19.6 Å². The smallest absolute Gasteiger partial charge is 0.292 e. The van der Waals surface area contributed by atoms with Crippen LogP contribution >= 0.6 is 0 Å². The van der Waals surface area contributed by atoms with E-state index in [-0.39, 0.29) is 0 Å². The summed E-state index contributed by atoms with van der Waals surface area (Å²) in [5.41, 5.74) is 4.68. The van der Waals surface area contributed by atoms with Gasteiger partial charge in [0.25, 0.3) is 0 Å². The molecule has 0 aromatic heterocycles. The second kappa shape index (κ2) is 9.87. The number of aryl methyl sites for hydroxylation is 4.